The van der Waals surface area contributed by atoms with E-state index in [1.165, 1.54) is 16.9 Å². The molecule has 19 heavy (non-hydrogen) atoms. The van der Waals surface area contributed by atoms with E-state index in [0.29, 0.717) is 12.0 Å². The number of benzene rings is 1. The Kier molecular flexibility index (Phi) is 4.25. The van der Waals surface area contributed by atoms with Crippen molar-refractivity contribution in [2.24, 2.45) is 13.0 Å². The lowest BCUT2D eigenvalue weighted by atomic mass is 10.1. The SMILES string of the molecule is CC(C)Cc1nc2cc(CNC(C)C)ccc2n1C. The Morgan fingerprint density at radius 1 is 1.21 bits per heavy atom. The highest BCUT2D eigenvalue weighted by molar-refractivity contribution is 5.76. The van der Waals surface area contributed by atoms with Crippen LogP contribution >= 0.6 is 0 Å². The van der Waals surface area contributed by atoms with Gasteiger partial charge in [0.1, 0.15) is 5.82 Å². The Morgan fingerprint density at radius 2 is 1.95 bits per heavy atom. The van der Waals surface area contributed by atoms with Gasteiger partial charge < -0.3 is 9.88 Å². The molecule has 0 atom stereocenters. The van der Waals surface area contributed by atoms with E-state index in [1.807, 2.05) is 0 Å². The summed E-state index contributed by atoms with van der Waals surface area (Å²) in [4.78, 5) is 4.78. The molecule has 0 fully saturated rings. The van der Waals surface area contributed by atoms with E-state index in [-0.39, 0.29) is 0 Å². The van der Waals surface area contributed by atoms with E-state index in [1.54, 1.807) is 0 Å². The average molecular weight is 259 g/mol. The van der Waals surface area contributed by atoms with Gasteiger partial charge in [-0.05, 0) is 23.6 Å². The highest BCUT2D eigenvalue weighted by Crippen LogP contribution is 2.18. The standard InChI is InChI=1S/C16H25N3/c1-11(2)8-16-18-14-9-13(10-17-12(3)4)6-7-15(14)19(16)5/h6-7,9,11-12,17H,8,10H2,1-5H3. The van der Waals surface area contributed by atoms with Gasteiger partial charge in [0, 0.05) is 26.1 Å². The van der Waals surface area contributed by atoms with Gasteiger partial charge in [-0.15, -0.1) is 0 Å². The van der Waals surface area contributed by atoms with Crippen molar-refractivity contribution in [1.82, 2.24) is 14.9 Å². The van der Waals surface area contributed by atoms with Crippen molar-refractivity contribution in [3.8, 4) is 0 Å². The Balaban J connectivity index is 2.27. The van der Waals surface area contributed by atoms with Crippen LogP contribution in [-0.2, 0) is 20.0 Å². The molecule has 1 aromatic carbocycles. The average Bonchev–Trinajstić information content (AvgIpc) is 2.63. The molecule has 0 saturated carbocycles. The van der Waals surface area contributed by atoms with Crippen LogP contribution < -0.4 is 5.32 Å². The lowest BCUT2D eigenvalue weighted by molar-refractivity contribution is 0.589. The largest absolute Gasteiger partial charge is 0.331 e. The van der Waals surface area contributed by atoms with Gasteiger partial charge in [0.05, 0.1) is 11.0 Å². The Bertz CT molecular complexity index is 552. The third kappa shape index (κ3) is 3.35. The van der Waals surface area contributed by atoms with Crippen molar-refractivity contribution in [1.29, 1.82) is 0 Å². The van der Waals surface area contributed by atoms with Crippen LogP contribution in [0.5, 0.6) is 0 Å². The molecule has 1 aromatic heterocycles. The fourth-order valence-electron chi connectivity index (χ4n) is 2.27. The van der Waals surface area contributed by atoms with E-state index in [2.05, 4.69) is 62.8 Å². The Hall–Kier alpha value is -1.35. The minimum Gasteiger partial charge on any atom is -0.331 e. The third-order valence-electron chi connectivity index (χ3n) is 3.34. The Morgan fingerprint density at radius 3 is 2.58 bits per heavy atom. The first-order valence-corrected chi connectivity index (χ1v) is 7.15. The monoisotopic (exact) mass is 259 g/mol. The van der Waals surface area contributed by atoms with Crippen molar-refractivity contribution in [2.45, 2.75) is 46.7 Å². The van der Waals surface area contributed by atoms with Crippen LogP contribution in [-0.4, -0.2) is 15.6 Å². The summed E-state index contributed by atoms with van der Waals surface area (Å²) in [5.74, 6) is 1.82. The smallest absolute Gasteiger partial charge is 0.109 e. The number of imidazole rings is 1. The lowest BCUT2D eigenvalue weighted by Gasteiger charge is -2.08. The molecule has 104 valence electrons. The van der Waals surface area contributed by atoms with Gasteiger partial charge >= 0.3 is 0 Å². The molecule has 0 aliphatic carbocycles. The molecule has 0 radical (unpaired) electrons. The first kappa shape index (κ1) is 14.1. The molecule has 0 spiro atoms. The van der Waals surface area contributed by atoms with Crippen LogP contribution in [0.2, 0.25) is 0 Å². The summed E-state index contributed by atoms with van der Waals surface area (Å²) in [5.41, 5.74) is 3.64. The molecule has 0 aliphatic heterocycles. The summed E-state index contributed by atoms with van der Waals surface area (Å²) in [6.07, 6.45) is 1.03. The Labute approximate surface area is 116 Å². The molecular formula is C16H25N3. The first-order chi connectivity index (χ1) is 8.97. The molecule has 0 amide bonds. The predicted molar refractivity (Wildman–Crippen MR) is 81.2 cm³/mol. The van der Waals surface area contributed by atoms with E-state index in [4.69, 9.17) is 4.98 Å². The molecule has 0 bridgehead atoms. The molecule has 1 heterocycles. The highest BCUT2D eigenvalue weighted by Gasteiger charge is 2.09. The summed E-state index contributed by atoms with van der Waals surface area (Å²) in [7, 11) is 2.11. The van der Waals surface area contributed by atoms with Crippen molar-refractivity contribution in [3.63, 3.8) is 0 Å². The molecular weight excluding hydrogens is 234 g/mol. The van der Waals surface area contributed by atoms with Crippen molar-refractivity contribution < 1.29 is 0 Å². The second-order valence-electron chi connectivity index (χ2n) is 6.04. The molecule has 2 rings (SSSR count). The summed E-state index contributed by atoms with van der Waals surface area (Å²) in [6, 6.07) is 7.09. The van der Waals surface area contributed by atoms with Crippen LogP contribution in [0.1, 0.15) is 39.1 Å². The number of rotatable bonds is 5. The van der Waals surface area contributed by atoms with Gasteiger partial charge in [0.15, 0.2) is 0 Å². The summed E-state index contributed by atoms with van der Waals surface area (Å²) >= 11 is 0. The predicted octanol–water partition coefficient (Wildman–Crippen LogP) is 3.27. The number of aromatic nitrogens is 2. The second-order valence-corrected chi connectivity index (χ2v) is 6.04. The maximum absolute atomic E-state index is 4.78. The maximum atomic E-state index is 4.78. The minimum absolute atomic E-state index is 0.510. The van der Waals surface area contributed by atoms with Gasteiger partial charge in [0.25, 0.3) is 0 Å². The zero-order valence-electron chi connectivity index (χ0n) is 12.7. The quantitative estimate of drug-likeness (QED) is 0.893. The van der Waals surface area contributed by atoms with Gasteiger partial charge in [0.2, 0.25) is 0 Å². The number of aryl methyl sites for hydroxylation is 1. The number of fused-ring (bicyclic) bond motifs is 1. The van der Waals surface area contributed by atoms with Crippen molar-refractivity contribution >= 4 is 11.0 Å². The molecule has 3 heteroatoms. The molecule has 0 unspecified atom stereocenters. The zero-order valence-corrected chi connectivity index (χ0v) is 12.7. The topological polar surface area (TPSA) is 29.9 Å². The van der Waals surface area contributed by atoms with Crippen molar-refractivity contribution in [2.75, 3.05) is 0 Å². The molecule has 1 N–H and O–H groups in total. The van der Waals surface area contributed by atoms with Crippen molar-refractivity contribution in [3.05, 3.63) is 29.6 Å². The summed E-state index contributed by atoms with van der Waals surface area (Å²) in [6.45, 7) is 9.71. The highest BCUT2D eigenvalue weighted by atomic mass is 15.1. The maximum Gasteiger partial charge on any atom is 0.109 e. The molecule has 2 aromatic rings. The van der Waals surface area contributed by atoms with Gasteiger partial charge in [-0.1, -0.05) is 33.8 Å². The van der Waals surface area contributed by atoms with Gasteiger partial charge in [-0.25, -0.2) is 4.98 Å². The lowest BCUT2D eigenvalue weighted by Crippen LogP contribution is -2.21. The molecule has 0 saturated heterocycles. The second kappa shape index (κ2) is 5.74. The zero-order chi connectivity index (χ0) is 14.0. The number of hydrogen-bond donors (Lipinski definition) is 1. The number of nitrogens with one attached hydrogen (secondary N) is 1. The molecule has 0 aliphatic rings. The number of hydrogen-bond acceptors (Lipinski definition) is 2. The van der Waals surface area contributed by atoms with Crippen LogP contribution in [0, 0.1) is 5.92 Å². The fourth-order valence-corrected chi connectivity index (χ4v) is 2.27. The summed E-state index contributed by atoms with van der Waals surface area (Å²) in [5, 5.41) is 3.45. The first-order valence-electron chi connectivity index (χ1n) is 7.15. The fraction of sp³-hybridized carbons (Fsp3) is 0.562. The van der Waals surface area contributed by atoms with E-state index in [0.717, 1.165) is 18.5 Å². The minimum atomic E-state index is 0.510. The van der Waals surface area contributed by atoms with E-state index >= 15 is 0 Å². The van der Waals surface area contributed by atoms with Gasteiger partial charge in [-0.2, -0.15) is 0 Å². The van der Waals surface area contributed by atoms with E-state index in [9.17, 15) is 0 Å². The van der Waals surface area contributed by atoms with Crippen LogP contribution in [0.25, 0.3) is 11.0 Å². The summed E-state index contributed by atoms with van der Waals surface area (Å²) < 4.78 is 2.22. The third-order valence-corrected chi connectivity index (χ3v) is 3.34. The van der Waals surface area contributed by atoms with Crippen LogP contribution in [0.3, 0.4) is 0 Å². The molecule has 3 nitrogen and oxygen atoms in total. The normalized spacial score (nSPS) is 11.9. The van der Waals surface area contributed by atoms with Gasteiger partial charge in [-0.3, -0.25) is 0 Å². The van der Waals surface area contributed by atoms with Crippen LogP contribution in [0.15, 0.2) is 18.2 Å². The van der Waals surface area contributed by atoms with E-state index < -0.39 is 0 Å². The van der Waals surface area contributed by atoms with Crippen LogP contribution in [0.4, 0.5) is 0 Å². The number of nitrogens with zero attached hydrogens (tertiary/aromatic N) is 2.